The van der Waals surface area contributed by atoms with Gasteiger partial charge in [0, 0.05) is 24.7 Å². The van der Waals surface area contributed by atoms with E-state index in [0.29, 0.717) is 4.90 Å². The Labute approximate surface area is 223 Å². The van der Waals surface area contributed by atoms with Crippen LogP contribution in [0.25, 0.3) is 0 Å². The van der Waals surface area contributed by atoms with Crippen molar-refractivity contribution in [2.24, 2.45) is 17.6 Å². The van der Waals surface area contributed by atoms with E-state index in [1.807, 2.05) is 0 Å². The van der Waals surface area contributed by atoms with E-state index < -0.39 is 70.0 Å². The van der Waals surface area contributed by atoms with E-state index >= 15 is 0 Å². The number of imide groups is 1. The number of nitro groups is 1. The molecule has 4 unspecified atom stereocenters. The quantitative estimate of drug-likeness (QED) is 0.153. The molecule has 2 aromatic carbocycles. The van der Waals surface area contributed by atoms with Crippen molar-refractivity contribution < 1.29 is 47.1 Å². The molecular formula is C24H22F3N5O8. The van der Waals surface area contributed by atoms with Gasteiger partial charge in [0.25, 0.3) is 5.69 Å². The van der Waals surface area contributed by atoms with Crippen molar-refractivity contribution in [3.05, 3.63) is 64.2 Å². The number of aliphatic carboxylic acids is 1. The van der Waals surface area contributed by atoms with Crippen molar-refractivity contribution >= 4 is 35.2 Å². The number of nitrogens with one attached hydrogen (secondary N) is 2. The SMILES string of the molecule is NC(=O)NCCCC1(C(=O)O)NC(c2cccc(OC(F)(F)F)c2)C2C(=O)N(c3cccc([N+](=O)[O-])c3)C(=O)C21. The topological polar surface area (TPSA) is 194 Å². The minimum absolute atomic E-state index is 0.00627. The molecule has 5 N–H and O–H groups in total. The molecule has 2 heterocycles. The average Bonchev–Trinajstić information content (AvgIpc) is 3.35. The molecule has 16 heteroatoms. The molecule has 0 bridgehead atoms. The third-order valence-electron chi connectivity index (χ3n) is 6.83. The zero-order valence-corrected chi connectivity index (χ0v) is 20.4. The normalized spacial score (nSPS) is 24.1. The predicted octanol–water partition coefficient (Wildman–Crippen LogP) is 2.22. The summed E-state index contributed by atoms with van der Waals surface area (Å²) in [5.74, 6) is -6.97. The molecule has 4 rings (SSSR count). The van der Waals surface area contributed by atoms with Gasteiger partial charge in [-0.05, 0) is 36.6 Å². The highest BCUT2D eigenvalue weighted by Crippen LogP contribution is 2.51. The molecule has 2 fully saturated rings. The molecule has 212 valence electrons. The standard InChI is InChI=1S/C24H22F3N5O8/c25-24(26,27)40-15-7-1-4-12(10-15)18-16-17(23(30-18,21(35)36)8-3-9-29-22(28)37)20(34)31(19(16)33)13-5-2-6-14(11-13)32(38)39/h1-2,4-7,10-11,16-18,30H,3,8-9H2,(H,35,36)(H3,28,29,37). The van der Waals surface area contributed by atoms with Gasteiger partial charge < -0.3 is 20.9 Å². The maximum atomic E-state index is 13.7. The maximum absolute atomic E-state index is 13.7. The molecule has 0 aromatic heterocycles. The van der Waals surface area contributed by atoms with Gasteiger partial charge in [-0.2, -0.15) is 0 Å². The van der Waals surface area contributed by atoms with E-state index in [1.165, 1.54) is 24.3 Å². The van der Waals surface area contributed by atoms with Crippen molar-refractivity contribution in [1.82, 2.24) is 10.6 Å². The van der Waals surface area contributed by atoms with E-state index in [2.05, 4.69) is 15.4 Å². The summed E-state index contributed by atoms with van der Waals surface area (Å²) in [5, 5.41) is 26.7. The molecule has 0 spiro atoms. The minimum atomic E-state index is -5.03. The predicted molar refractivity (Wildman–Crippen MR) is 129 cm³/mol. The second-order valence-electron chi connectivity index (χ2n) is 9.21. The van der Waals surface area contributed by atoms with Crippen molar-refractivity contribution in [3.8, 4) is 5.75 Å². The fraction of sp³-hybridized carbons (Fsp3) is 0.333. The lowest BCUT2D eigenvalue weighted by Gasteiger charge is -2.31. The van der Waals surface area contributed by atoms with Crippen LogP contribution in [0.2, 0.25) is 0 Å². The lowest BCUT2D eigenvalue weighted by Crippen LogP contribution is -2.56. The Balaban J connectivity index is 1.80. The van der Waals surface area contributed by atoms with Gasteiger partial charge >= 0.3 is 18.4 Å². The summed E-state index contributed by atoms with van der Waals surface area (Å²) in [6.07, 6.45) is -5.32. The Morgan fingerprint density at radius 1 is 1.18 bits per heavy atom. The second kappa shape index (κ2) is 10.4. The first kappa shape index (κ1) is 28.3. The fourth-order valence-corrected chi connectivity index (χ4v) is 5.31. The molecule has 0 aliphatic carbocycles. The number of carbonyl (C=O) groups excluding carboxylic acids is 3. The second-order valence-corrected chi connectivity index (χ2v) is 9.21. The minimum Gasteiger partial charge on any atom is -0.480 e. The summed E-state index contributed by atoms with van der Waals surface area (Å²) >= 11 is 0. The number of hydrogen-bond acceptors (Lipinski definition) is 8. The monoisotopic (exact) mass is 565 g/mol. The molecule has 4 atom stereocenters. The van der Waals surface area contributed by atoms with E-state index in [-0.39, 0.29) is 30.6 Å². The number of fused-ring (bicyclic) bond motifs is 1. The number of hydrogen-bond donors (Lipinski definition) is 4. The number of carboxylic acids is 1. The van der Waals surface area contributed by atoms with Crippen LogP contribution >= 0.6 is 0 Å². The number of rotatable bonds is 9. The van der Waals surface area contributed by atoms with E-state index in [4.69, 9.17) is 5.73 Å². The highest BCUT2D eigenvalue weighted by molar-refractivity contribution is 6.24. The first-order valence-corrected chi connectivity index (χ1v) is 11.8. The number of ether oxygens (including phenoxy) is 1. The maximum Gasteiger partial charge on any atom is 0.573 e. The number of halogens is 3. The van der Waals surface area contributed by atoms with Crippen LogP contribution in [0.15, 0.2) is 48.5 Å². The largest absolute Gasteiger partial charge is 0.573 e. The first-order valence-electron chi connectivity index (χ1n) is 11.8. The van der Waals surface area contributed by atoms with E-state index in [1.54, 1.807) is 0 Å². The number of nitro benzene ring substituents is 1. The molecule has 2 saturated heterocycles. The van der Waals surface area contributed by atoms with Gasteiger partial charge in [-0.25, -0.2) is 9.69 Å². The Morgan fingerprint density at radius 2 is 1.88 bits per heavy atom. The number of carboxylic acid groups (broad SMARTS) is 1. The van der Waals surface area contributed by atoms with E-state index in [9.17, 15) is 47.6 Å². The molecule has 2 aliphatic heterocycles. The Kier molecular flexibility index (Phi) is 7.38. The summed E-state index contributed by atoms with van der Waals surface area (Å²) in [4.78, 5) is 62.5. The van der Waals surface area contributed by atoms with Crippen LogP contribution in [-0.4, -0.2) is 52.3 Å². The molecule has 2 aromatic rings. The number of benzene rings is 2. The van der Waals surface area contributed by atoms with Crippen molar-refractivity contribution in [2.45, 2.75) is 30.8 Å². The van der Waals surface area contributed by atoms with Gasteiger partial charge in [0.1, 0.15) is 11.3 Å². The molecule has 4 amide bonds. The van der Waals surface area contributed by atoms with Gasteiger partial charge in [-0.15, -0.1) is 13.2 Å². The third kappa shape index (κ3) is 5.25. The zero-order chi connectivity index (χ0) is 29.4. The average molecular weight is 565 g/mol. The number of carbonyl (C=O) groups is 4. The Morgan fingerprint density at radius 3 is 2.50 bits per heavy atom. The summed E-state index contributed by atoms with van der Waals surface area (Å²) in [7, 11) is 0. The summed E-state index contributed by atoms with van der Waals surface area (Å²) in [6, 6.07) is 7.05. The van der Waals surface area contributed by atoms with Crippen LogP contribution in [-0.2, 0) is 14.4 Å². The number of amides is 4. The highest BCUT2D eigenvalue weighted by Gasteiger charge is 2.68. The molecule has 2 aliphatic rings. The molecule has 40 heavy (non-hydrogen) atoms. The molecule has 0 saturated carbocycles. The lowest BCUT2D eigenvalue weighted by molar-refractivity contribution is -0.384. The van der Waals surface area contributed by atoms with Crippen molar-refractivity contribution in [3.63, 3.8) is 0 Å². The summed E-state index contributed by atoms with van der Waals surface area (Å²) < 4.78 is 42.5. The number of urea groups is 1. The fourth-order valence-electron chi connectivity index (χ4n) is 5.31. The van der Waals surface area contributed by atoms with Crippen LogP contribution < -0.4 is 26.0 Å². The van der Waals surface area contributed by atoms with Crippen LogP contribution in [0.5, 0.6) is 5.75 Å². The summed E-state index contributed by atoms with van der Waals surface area (Å²) in [6.45, 7) is -0.0697. The van der Waals surface area contributed by atoms with Gasteiger partial charge in [0.2, 0.25) is 11.8 Å². The van der Waals surface area contributed by atoms with E-state index in [0.717, 1.165) is 24.3 Å². The Hall–Kier alpha value is -4.73. The van der Waals surface area contributed by atoms with Gasteiger partial charge in [0.05, 0.1) is 22.4 Å². The van der Waals surface area contributed by atoms with Crippen LogP contribution in [0.4, 0.5) is 29.3 Å². The smallest absolute Gasteiger partial charge is 0.480 e. The number of alkyl halides is 3. The first-order chi connectivity index (χ1) is 18.7. The van der Waals surface area contributed by atoms with Crippen molar-refractivity contribution in [2.75, 3.05) is 11.4 Å². The number of anilines is 1. The lowest BCUT2D eigenvalue weighted by atomic mass is 9.77. The molecule has 13 nitrogen and oxygen atoms in total. The number of nitrogens with two attached hydrogens (primary N) is 1. The zero-order valence-electron chi connectivity index (χ0n) is 20.4. The number of primary amides is 1. The Bertz CT molecular complexity index is 1390. The van der Waals surface area contributed by atoms with Crippen LogP contribution in [0.3, 0.4) is 0 Å². The highest BCUT2D eigenvalue weighted by atomic mass is 19.4. The van der Waals surface area contributed by atoms with Crippen molar-refractivity contribution in [1.29, 1.82) is 0 Å². The van der Waals surface area contributed by atoms with Crippen LogP contribution in [0, 0.1) is 22.0 Å². The number of nitrogens with zero attached hydrogens (tertiary/aromatic N) is 2. The third-order valence-corrected chi connectivity index (χ3v) is 6.83. The number of non-ortho nitro benzene ring substituents is 1. The molecule has 0 radical (unpaired) electrons. The van der Waals surface area contributed by atoms with Gasteiger partial charge in [0.15, 0.2) is 0 Å². The van der Waals surface area contributed by atoms with Crippen LogP contribution in [0.1, 0.15) is 24.4 Å². The van der Waals surface area contributed by atoms with Gasteiger partial charge in [-0.1, -0.05) is 18.2 Å². The molecular weight excluding hydrogens is 543 g/mol. The van der Waals surface area contributed by atoms with Gasteiger partial charge in [-0.3, -0.25) is 29.8 Å². The summed E-state index contributed by atoms with van der Waals surface area (Å²) in [5.41, 5.74) is 2.40.